The Balaban J connectivity index is 2.21. The molecule has 0 saturated carbocycles. The Morgan fingerprint density at radius 3 is 2.75 bits per heavy atom. The molecule has 2 N–H and O–H groups in total. The van der Waals surface area contributed by atoms with Crippen LogP contribution in [0, 0.1) is 12.7 Å². The van der Waals surface area contributed by atoms with E-state index in [4.69, 9.17) is 5.11 Å². The van der Waals surface area contributed by atoms with E-state index in [1.54, 1.807) is 37.3 Å². The summed E-state index contributed by atoms with van der Waals surface area (Å²) in [4.78, 5) is 11.1. The van der Waals surface area contributed by atoms with Crippen LogP contribution in [0.25, 0.3) is 0 Å². The summed E-state index contributed by atoms with van der Waals surface area (Å²) in [5, 5.41) is 12.2. The lowest BCUT2D eigenvalue weighted by molar-refractivity contribution is 0.0696. The molecule has 20 heavy (non-hydrogen) atoms. The fourth-order valence-corrected chi connectivity index (χ4v) is 2.25. The molecule has 2 aromatic carbocycles. The summed E-state index contributed by atoms with van der Waals surface area (Å²) in [7, 11) is 0. The molecule has 0 radical (unpaired) electrons. The average Bonchev–Trinajstić information content (AvgIpc) is 2.41. The lowest BCUT2D eigenvalue weighted by Crippen LogP contribution is -2.07. The van der Waals surface area contributed by atoms with Gasteiger partial charge in [-0.3, -0.25) is 0 Å². The first-order chi connectivity index (χ1) is 9.49. The third-order valence-electron chi connectivity index (χ3n) is 2.98. The number of carboxylic acid groups (broad SMARTS) is 1. The lowest BCUT2D eigenvalue weighted by Gasteiger charge is -2.12. The minimum atomic E-state index is -0.959. The van der Waals surface area contributed by atoms with Crippen LogP contribution in [0.5, 0.6) is 0 Å². The van der Waals surface area contributed by atoms with Gasteiger partial charge in [0.2, 0.25) is 0 Å². The minimum absolute atomic E-state index is 0.263. The molecule has 0 amide bonds. The van der Waals surface area contributed by atoms with Crippen LogP contribution in [-0.4, -0.2) is 11.1 Å². The molecule has 5 heteroatoms. The zero-order chi connectivity index (χ0) is 14.7. The average molecular weight is 338 g/mol. The first-order valence-electron chi connectivity index (χ1n) is 5.99. The van der Waals surface area contributed by atoms with Gasteiger partial charge in [-0.05, 0) is 52.2 Å². The van der Waals surface area contributed by atoms with Crippen molar-refractivity contribution in [1.82, 2.24) is 0 Å². The van der Waals surface area contributed by atoms with E-state index in [0.29, 0.717) is 16.6 Å². The van der Waals surface area contributed by atoms with Gasteiger partial charge in [0, 0.05) is 12.2 Å². The second-order valence-corrected chi connectivity index (χ2v) is 5.25. The van der Waals surface area contributed by atoms with Gasteiger partial charge in [0.15, 0.2) is 0 Å². The fourth-order valence-electron chi connectivity index (χ4n) is 1.91. The van der Waals surface area contributed by atoms with E-state index in [1.807, 2.05) is 0 Å². The quantitative estimate of drug-likeness (QED) is 0.878. The number of hydrogen-bond donors (Lipinski definition) is 2. The molecule has 0 heterocycles. The predicted molar refractivity (Wildman–Crippen MR) is 79.6 cm³/mol. The van der Waals surface area contributed by atoms with E-state index in [1.165, 1.54) is 6.07 Å². The second kappa shape index (κ2) is 6.05. The largest absolute Gasteiger partial charge is 0.478 e. The maximum absolute atomic E-state index is 13.3. The van der Waals surface area contributed by atoms with Gasteiger partial charge in [-0.1, -0.05) is 18.2 Å². The Morgan fingerprint density at radius 1 is 1.35 bits per heavy atom. The highest BCUT2D eigenvalue weighted by molar-refractivity contribution is 9.10. The van der Waals surface area contributed by atoms with E-state index in [0.717, 1.165) is 11.3 Å². The molecular formula is C15H13BrFNO2. The topological polar surface area (TPSA) is 49.3 Å². The van der Waals surface area contributed by atoms with Gasteiger partial charge in [-0.15, -0.1) is 0 Å². The van der Waals surface area contributed by atoms with Crippen molar-refractivity contribution in [1.29, 1.82) is 0 Å². The molecule has 104 valence electrons. The minimum Gasteiger partial charge on any atom is -0.478 e. The monoisotopic (exact) mass is 337 g/mol. The number of nitrogens with one attached hydrogen (secondary N) is 1. The van der Waals surface area contributed by atoms with Gasteiger partial charge in [0.25, 0.3) is 0 Å². The van der Waals surface area contributed by atoms with Crippen LogP contribution in [0.2, 0.25) is 0 Å². The zero-order valence-electron chi connectivity index (χ0n) is 10.8. The molecule has 2 rings (SSSR count). The summed E-state index contributed by atoms with van der Waals surface area (Å²) in [5.74, 6) is -1.28. The predicted octanol–water partition coefficient (Wildman–Crippen LogP) is 4.21. The number of halogens is 2. The molecule has 0 fully saturated rings. The van der Waals surface area contributed by atoms with Crippen molar-refractivity contribution in [2.45, 2.75) is 13.5 Å². The molecule has 0 aliphatic rings. The van der Waals surface area contributed by atoms with Crippen LogP contribution in [0.4, 0.5) is 10.1 Å². The van der Waals surface area contributed by atoms with E-state index < -0.39 is 5.97 Å². The van der Waals surface area contributed by atoms with Crippen molar-refractivity contribution in [2.24, 2.45) is 0 Å². The maximum Gasteiger partial charge on any atom is 0.336 e. The Kier molecular flexibility index (Phi) is 4.39. The third-order valence-corrected chi connectivity index (χ3v) is 3.59. The highest BCUT2D eigenvalue weighted by Gasteiger charge is 2.10. The number of anilines is 1. The van der Waals surface area contributed by atoms with Crippen LogP contribution in [0.15, 0.2) is 40.9 Å². The number of benzene rings is 2. The normalized spacial score (nSPS) is 10.3. The zero-order valence-corrected chi connectivity index (χ0v) is 12.4. The van der Waals surface area contributed by atoms with Crippen molar-refractivity contribution >= 4 is 27.6 Å². The highest BCUT2D eigenvalue weighted by Crippen LogP contribution is 2.25. The van der Waals surface area contributed by atoms with E-state index in [-0.39, 0.29) is 11.4 Å². The van der Waals surface area contributed by atoms with Crippen molar-refractivity contribution in [2.75, 3.05) is 5.32 Å². The summed E-state index contributed by atoms with van der Waals surface area (Å²) in [6, 6.07) is 9.87. The highest BCUT2D eigenvalue weighted by atomic mass is 79.9. The van der Waals surface area contributed by atoms with Crippen molar-refractivity contribution in [3.8, 4) is 0 Å². The van der Waals surface area contributed by atoms with Crippen molar-refractivity contribution < 1.29 is 14.3 Å². The summed E-state index contributed by atoms with van der Waals surface area (Å²) in [6.45, 7) is 2.16. The van der Waals surface area contributed by atoms with Crippen LogP contribution in [0.1, 0.15) is 21.5 Å². The van der Waals surface area contributed by atoms with Gasteiger partial charge < -0.3 is 10.4 Å². The molecule has 0 unspecified atom stereocenters. The third kappa shape index (κ3) is 3.17. The van der Waals surface area contributed by atoms with Crippen LogP contribution in [0.3, 0.4) is 0 Å². The molecular weight excluding hydrogens is 325 g/mol. The molecule has 0 aliphatic carbocycles. The van der Waals surface area contributed by atoms with E-state index >= 15 is 0 Å². The first kappa shape index (κ1) is 14.5. The number of aryl methyl sites for hydroxylation is 1. The number of hydrogen-bond acceptors (Lipinski definition) is 2. The number of aromatic carboxylic acids is 1. The van der Waals surface area contributed by atoms with Crippen molar-refractivity contribution in [3.05, 3.63) is 63.4 Å². The lowest BCUT2D eigenvalue weighted by atomic mass is 10.1. The molecule has 0 spiro atoms. The van der Waals surface area contributed by atoms with E-state index in [2.05, 4.69) is 21.2 Å². The molecule has 3 nitrogen and oxygen atoms in total. The number of carboxylic acids is 1. The molecule has 0 bridgehead atoms. The van der Waals surface area contributed by atoms with Gasteiger partial charge in [0.1, 0.15) is 5.82 Å². The summed E-state index contributed by atoms with van der Waals surface area (Å²) in [6.07, 6.45) is 0. The smallest absolute Gasteiger partial charge is 0.336 e. The Labute approximate surface area is 124 Å². The Morgan fingerprint density at radius 2 is 2.05 bits per heavy atom. The summed E-state index contributed by atoms with van der Waals surface area (Å²) < 4.78 is 13.7. The molecule has 2 aromatic rings. The molecule has 0 saturated heterocycles. The van der Waals surface area contributed by atoms with Gasteiger partial charge in [-0.2, -0.15) is 0 Å². The van der Waals surface area contributed by atoms with Gasteiger partial charge >= 0.3 is 5.97 Å². The summed E-state index contributed by atoms with van der Waals surface area (Å²) in [5.41, 5.74) is 2.47. The first-order valence-corrected chi connectivity index (χ1v) is 6.79. The van der Waals surface area contributed by atoms with Gasteiger partial charge in [0.05, 0.1) is 10.0 Å². The molecule has 0 atom stereocenters. The Bertz CT molecular complexity index is 658. The van der Waals surface area contributed by atoms with Crippen LogP contribution in [-0.2, 0) is 6.54 Å². The fraction of sp³-hybridized carbons (Fsp3) is 0.133. The second-order valence-electron chi connectivity index (χ2n) is 4.40. The molecule has 0 aromatic heterocycles. The number of rotatable bonds is 4. The molecule has 0 aliphatic heterocycles. The van der Waals surface area contributed by atoms with Crippen molar-refractivity contribution in [3.63, 3.8) is 0 Å². The SMILES string of the molecule is Cc1cc(F)c(Br)cc1NCc1ccccc1C(=O)O. The van der Waals surface area contributed by atoms with Crippen LogP contribution < -0.4 is 5.32 Å². The van der Waals surface area contributed by atoms with E-state index in [9.17, 15) is 9.18 Å². The Hall–Kier alpha value is -1.88. The maximum atomic E-state index is 13.3. The van der Waals surface area contributed by atoms with Gasteiger partial charge in [-0.25, -0.2) is 9.18 Å². The number of carbonyl (C=O) groups is 1. The summed E-state index contributed by atoms with van der Waals surface area (Å²) >= 11 is 3.14. The van der Waals surface area contributed by atoms with Crippen LogP contribution >= 0.6 is 15.9 Å². The standard InChI is InChI=1S/C15H13BrFNO2/c1-9-6-13(17)12(16)7-14(9)18-8-10-4-2-3-5-11(10)15(19)20/h2-7,18H,8H2,1H3,(H,19,20).